The van der Waals surface area contributed by atoms with Crippen LogP contribution in [0.15, 0.2) is 10.9 Å². The molecule has 7 heteroatoms. The average molecular weight is 341 g/mol. The van der Waals surface area contributed by atoms with Crippen LogP contribution in [0.1, 0.15) is 34.5 Å². The highest BCUT2D eigenvalue weighted by molar-refractivity contribution is 6.01. The molecule has 25 heavy (non-hydrogen) atoms. The van der Waals surface area contributed by atoms with E-state index in [-0.39, 0.29) is 11.6 Å². The fourth-order valence-electron chi connectivity index (χ4n) is 3.19. The van der Waals surface area contributed by atoms with Gasteiger partial charge >= 0.3 is 5.69 Å². The number of aryl methyl sites for hydroxylation is 3. The molecule has 0 fully saturated rings. The van der Waals surface area contributed by atoms with Gasteiger partial charge in [0.2, 0.25) is 5.91 Å². The molecular formula is C18H23N5O2. The number of carbonyl (C=O) groups is 1. The summed E-state index contributed by atoms with van der Waals surface area (Å²) in [5.41, 5.74) is 6.82. The third-order valence-electron chi connectivity index (χ3n) is 4.86. The summed E-state index contributed by atoms with van der Waals surface area (Å²) in [6.45, 7) is 7.86. The second-order valence-electron chi connectivity index (χ2n) is 6.52. The van der Waals surface area contributed by atoms with E-state index in [9.17, 15) is 9.59 Å². The maximum atomic E-state index is 12.5. The summed E-state index contributed by atoms with van der Waals surface area (Å²) in [5, 5.41) is 7.35. The Labute approximate surface area is 145 Å². The first kappa shape index (κ1) is 17.0. The third kappa shape index (κ3) is 3.09. The first-order valence-electron chi connectivity index (χ1n) is 8.29. The zero-order valence-electron chi connectivity index (χ0n) is 15.2. The van der Waals surface area contributed by atoms with Crippen molar-refractivity contribution in [3.63, 3.8) is 0 Å². The van der Waals surface area contributed by atoms with E-state index in [1.54, 1.807) is 0 Å². The minimum absolute atomic E-state index is 0.0836. The van der Waals surface area contributed by atoms with E-state index in [4.69, 9.17) is 0 Å². The number of imidazole rings is 1. The molecule has 1 amide bonds. The Morgan fingerprint density at radius 2 is 1.96 bits per heavy atom. The lowest BCUT2D eigenvalue weighted by Gasteiger charge is -2.12. The molecule has 0 saturated heterocycles. The number of nitrogens with zero attached hydrogens (tertiary/aromatic N) is 2. The van der Waals surface area contributed by atoms with E-state index >= 15 is 0 Å². The molecule has 0 bridgehead atoms. The molecule has 3 N–H and O–H groups in total. The quantitative estimate of drug-likeness (QED) is 0.680. The highest BCUT2D eigenvalue weighted by Gasteiger charge is 2.15. The van der Waals surface area contributed by atoms with E-state index in [0.717, 1.165) is 28.1 Å². The molecule has 2 heterocycles. The first-order chi connectivity index (χ1) is 11.8. The lowest BCUT2D eigenvalue weighted by molar-refractivity contribution is -0.116. The number of amides is 1. The van der Waals surface area contributed by atoms with Gasteiger partial charge in [0.05, 0.1) is 22.4 Å². The van der Waals surface area contributed by atoms with Gasteiger partial charge in [-0.15, -0.1) is 0 Å². The number of hydrogen-bond acceptors (Lipinski definition) is 3. The smallest absolute Gasteiger partial charge is 0.323 e. The van der Waals surface area contributed by atoms with Crippen LogP contribution >= 0.6 is 0 Å². The molecule has 0 atom stereocenters. The number of aromatic amines is 2. The second-order valence-corrected chi connectivity index (χ2v) is 6.52. The minimum Gasteiger partial charge on any atom is -0.324 e. The maximum Gasteiger partial charge on any atom is 0.323 e. The molecule has 0 aliphatic rings. The fraction of sp³-hybridized carbons (Fsp3) is 0.389. The van der Waals surface area contributed by atoms with Crippen LogP contribution in [0, 0.1) is 27.7 Å². The van der Waals surface area contributed by atoms with Gasteiger partial charge in [0.15, 0.2) is 0 Å². The second kappa shape index (κ2) is 6.23. The van der Waals surface area contributed by atoms with Crippen molar-refractivity contribution in [2.45, 2.75) is 40.5 Å². The van der Waals surface area contributed by atoms with Crippen molar-refractivity contribution in [2.24, 2.45) is 7.05 Å². The van der Waals surface area contributed by atoms with Crippen molar-refractivity contribution in [3.8, 4) is 0 Å². The molecule has 3 rings (SSSR count). The molecule has 3 aromatic rings. The number of nitrogens with one attached hydrogen (secondary N) is 3. The van der Waals surface area contributed by atoms with E-state index < -0.39 is 0 Å². The van der Waals surface area contributed by atoms with Crippen LogP contribution in [0.4, 0.5) is 5.69 Å². The van der Waals surface area contributed by atoms with Crippen molar-refractivity contribution in [2.75, 3.05) is 5.32 Å². The summed E-state index contributed by atoms with van der Waals surface area (Å²) in [4.78, 5) is 29.6. The summed E-state index contributed by atoms with van der Waals surface area (Å²) in [6.07, 6.45) is 0.992. The van der Waals surface area contributed by atoms with Crippen LogP contribution in [-0.4, -0.2) is 25.7 Å². The Kier molecular flexibility index (Phi) is 4.24. The molecular weight excluding hydrogens is 318 g/mol. The van der Waals surface area contributed by atoms with Crippen molar-refractivity contribution < 1.29 is 4.79 Å². The van der Waals surface area contributed by atoms with Gasteiger partial charge in [-0.1, -0.05) is 0 Å². The highest BCUT2D eigenvalue weighted by atomic mass is 16.2. The summed E-state index contributed by atoms with van der Waals surface area (Å²) in [5.74, 6) is -0.0836. The van der Waals surface area contributed by atoms with Crippen LogP contribution in [0.3, 0.4) is 0 Å². The molecule has 132 valence electrons. The molecule has 0 spiro atoms. The van der Waals surface area contributed by atoms with Gasteiger partial charge in [0.1, 0.15) is 0 Å². The lowest BCUT2D eigenvalue weighted by Crippen LogP contribution is -2.14. The van der Waals surface area contributed by atoms with Gasteiger partial charge in [-0.05, 0) is 56.9 Å². The number of rotatable bonds is 4. The van der Waals surface area contributed by atoms with E-state index in [2.05, 4.69) is 20.4 Å². The minimum atomic E-state index is -0.280. The van der Waals surface area contributed by atoms with Crippen LogP contribution in [0.5, 0.6) is 0 Å². The number of hydrogen-bond donors (Lipinski definition) is 3. The van der Waals surface area contributed by atoms with Gasteiger partial charge in [-0.25, -0.2) is 4.79 Å². The van der Waals surface area contributed by atoms with Gasteiger partial charge < -0.3 is 15.3 Å². The molecule has 0 aliphatic heterocycles. The molecule has 7 nitrogen and oxygen atoms in total. The van der Waals surface area contributed by atoms with Gasteiger partial charge in [0, 0.05) is 19.2 Å². The fourth-order valence-corrected chi connectivity index (χ4v) is 3.19. The van der Waals surface area contributed by atoms with Crippen LogP contribution in [0.25, 0.3) is 11.0 Å². The third-order valence-corrected chi connectivity index (χ3v) is 4.86. The first-order valence-corrected chi connectivity index (χ1v) is 8.29. The zero-order chi connectivity index (χ0) is 18.3. The van der Waals surface area contributed by atoms with E-state index in [1.807, 2.05) is 45.5 Å². The summed E-state index contributed by atoms with van der Waals surface area (Å²) < 4.78 is 1.83. The molecule has 2 aromatic heterocycles. The standard InChI is InChI=1S/C18H23N5O2/c1-9-8-14-17(21-18(25)19-14)16(10(9)2)20-15(24)7-6-13-11(3)22-23(5)12(13)4/h8H,6-7H2,1-5H3,(H,20,24)(H2,19,21,25). The molecule has 1 aromatic carbocycles. The highest BCUT2D eigenvalue weighted by Crippen LogP contribution is 2.27. The molecule has 0 aliphatic carbocycles. The number of fused-ring (bicyclic) bond motifs is 1. The summed E-state index contributed by atoms with van der Waals surface area (Å²) in [6, 6.07) is 1.90. The lowest BCUT2D eigenvalue weighted by atomic mass is 10.1. The van der Waals surface area contributed by atoms with Crippen molar-refractivity contribution in [1.29, 1.82) is 0 Å². The van der Waals surface area contributed by atoms with Crippen molar-refractivity contribution >= 4 is 22.6 Å². The van der Waals surface area contributed by atoms with Crippen molar-refractivity contribution in [1.82, 2.24) is 19.7 Å². The van der Waals surface area contributed by atoms with Gasteiger partial charge in [0.25, 0.3) is 0 Å². The summed E-state index contributed by atoms with van der Waals surface area (Å²) in [7, 11) is 1.90. The van der Waals surface area contributed by atoms with Crippen LogP contribution < -0.4 is 11.0 Å². The Morgan fingerprint density at radius 1 is 1.24 bits per heavy atom. The van der Waals surface area contributed by atoms with Crippen LogP contribution in [0.2, 0.25) is 0 Å². The summed E-state index contributed by atoms with van der Waals surface area (Å²) >= 11 is 0. The Balaban J connectivity index is 1.83. The predicted molar refractivity (Wildman–Crippen MR) is 98.0 cm³/mol. The maximum absolute atomic E-state index is 12.5. The average Bonchev–Trinajstić information content (AvgIpc) is 3.02. The SMILES string of the molecule is Cc1cc2[nH]c(=O)[nH]c2c(NC(=O)CCc2c(C)nn(C)c2C)c1C. The predicted octanol–water partition coefficient (Wildman–Crippen LogP) is 2.39. The van der Waals surface area contributed by atoms with Gasteiger partial charge in [-0.3, -0.25) is 9.48 Å². The topological polar surface area (TPSA) is 95.6 Å². The molecule has 0 saturated carbocycles. The number of anilines is 1. The Hall–Kier alpha value is -2.83. The molecule has 0 unspecified atom stereocenters. The van der Waals surface area contributed by atoms with Crippen LogP contribution in [-0.2, 0) is 18.3 Å². The zero-order valence-corrected chi connectivity index (χ0v) is 15.2. The largest absolute Gasteiger partial charge is 0.324 e. The van der Waals surface area contributed by atoms with Gasteiger partial charge in [-0.2, -0.15) is 5.10 Å². The Bertz CT molecular complexity index is 1020. The molecule has 0 radical (unpaired) electrons. The number of aromatic nitrogens is 4. The van der Waals surface area contributed by atoms with E-state index in [1.165, 1.54) is 0 Å². The monoisotopic (exact) mass is 341 g/mol. The number of H-pyrrole nitrogens is 2. The normalized spacial score (nSPS) is 11.2. The number of carbonyl (C=O) groups excluding carboxylic acids is 1. The Morgan fingerprint density at radius 3 is 2.60 bits per heavy atom. The van der Waals surface area contributed by atoms with E-state index in [0.29, 0.717) is 29.6 Å². The number of benzene rings is 1. The van der Waals surface area contributed by atoms with Crippen molar-refractivity contribution in [3.05, 3.63) is 44.6 Å².